The van der Waals surface area contributed by atoms with Crippen molar-refractivity contribution in [1.29, 1.82) is 0 Å². The minimum Gasteiger partial charge on any atom is -0.480 e. The first-order valence-electron chi connectivity index (χ1n) is 5.47. The third-order valence-electron chi connectivity index (χ3n) is 2.41. The van der Waals surface area contributed by atoms with E-state index in [1.807, 2.05) is 4.72 Å². The number of rotatable bonds is 7. The highest BCUT2D eigenvalue weighted by atomic mass is 32.2. The largest absolute Gasteiger partial charge is 0.480 e. The fourth-order valence-corrected chi connectivity index (χ4v) is 3.07. The first-order chi connectivity index (χ1) is 9.27. The standard InChI is InChI=1S/C11H13F2NO4S2/c1-19-5-4-10(11(15)16)14-20(17,18)7-2-3-8(12)9(13)6-7/h2-3,6,10,14H,4-5H2,1H3,(H,15,16)/t10-/m1/s1. The van der Waals surface area contributed by atoms with E-state index >= 15 is 0 Å². The number of carboxylic acids is 1. The maximum Gasteiger partial charge on any atom is 0.321 e. The van der Waals surface area contributed by atoms with Crippen LogP contribution < -0.4 is 4.72 Å². The molecule has 0 amide bonds. The lowest BCUT2D eigenvalue weighted by molar-refractivity contribution is -0.139. The van der Waals surface area contributed by atoms with Crippen LogP contribution in [0, 0.1) is 11.6 Å². The zero-order valence-electron chi connectivity index (χ0n) is 10.5. The van der Waals surface area contributed by atoms with E-state index in [1.54, 1.807) is 6.26 Å². The van der Waals surface area contributed by atoms with Crippen LogP contribution in [-0.4, -0.2) is 37.5 Å². The summed E-state index contributed by atoms with van der Waals surface area (Å²) in [7, 11) is -4.22. The predicted molar refractivity (Wildman–Crippen MR) is 71.1 cm³/mol. The van der Waals surface area contributed by atoms with Gasteiger partial charge in [-0.3, -0.25) is 4.79 Å². The molecule has 0 bridgehead atoms. The highest BCUT2D eigenvalue weighted by Gasteiger charge is 2.25. The molecular formula is C11H13F2NO4S2. The van der Waals surface area contributed by atoms with Gasteiger partial charge >= 0.3 is 5.97 Å². The van der Waals surface area contributed by atoms with Crippen molar-refractivity contribution in [1.82, 2.24) is 4.72 Å². The summed E-state index contributed by atoms with van der Waals surface area (Å²) in [5.41, 5.74) is 0. The lowest BCUT2D eigenvalue weighted by Gasteiger charge is -2.14. The Labute approximate surface area is 119 Å². The first kappa shape index (κ1) is 16.9. The van der Waals surface area contributed by atoms with Gasteiger partial charge in [0.05, 0.1) is 4.90 Å². The molecular weight excluding hydrogens is 312 g/mol. The Kier molecular flexibility index (Phi) is 5.90. The molecule has 0 aliphatic heterocycles. The average Bonchev–Trinajstić information content (AvgIpc) is 2.37. The summed E-state index contributed by atoms with van der Waals surface area (Å²) in [5.74, 6) is -3.38. The van der Waals surface area contributed by atoms with Crippen molar-refractivity contribution in [2.24, 2.45) is 0 Å². The minimum absolute atomic E-state index is 0.0827. The number of carbonyl (C=O) groups is 1. The molecule has 0 saturated heterocycles. The summed E-state index contributed by atoms with van der Waals surface area (Å²) < 4.78 is 51.5. The second kappa shape index (κ2) is 7.00. The van der Waals surface area contributed by atoms with Gasteiger partial charge in [-0.1, -0.05) is 0 Å². The van der Waals surface area contributed by atoms with Crippen LogP contribution >= 0.6 is 11.8 Å². The normalized spacial score (nSPS) is 13.2. The van der Waals surface area contributed by atoms with Gasteiger partial charge in [-0.15, -0.1) is 0 Å². The molecule has 0 aliphatic rings. The molecule has 0 aliphatic carbocycles. The van der Waals surface area contributed by atoms with E-state index in [1.165, 1.54) is 11.8 Å². The third kappa shape index (κ3) is 4.43. The molecule has 1 atom stereocenters. The quantitative estimate of drug-likeness (QED) is 0.793. The van der Waals surface area contributed by atoms with Crippen molar-refractivity contribution in [2.45, 2.75) is 17.4 Å². The lowest BCUT2D eigenvalue weighted by atomic mass is 10.2. The van der Waals surface area contributed by atoms with Crippen LogP contribution in [0.25, 0.3) is 0 Å². The maximum absolute atomic E-state index is 13.0. The molecule has 2 N–H and O–H groups in total. The topological polar surface area (TPSA) is 83.5 Å². The molecule has 0 saturated carbocycles. The zero-order chi connectivity index (χ0) is 15.3. The van der Waals surface area contributed by atoms with E-state index in [0.717, 1.165) is 6.07 Å². The van der Waals surface area contributed by atoms with Gasteiger partial charge in [0, 0.05) is 0 Å². The molecule has 5 nitrogen and oxygen atoms in total. The first-order valence-corrected chi connectivity index (χ1v) is 8.34. The Morgan fingerprint density at radius 3 is 2.55 bits per heavy atom. The Bertz CT molecular complexity index is 592. The van der Waals surface area contributed by atoms with Gasteiger partial charge in [0.15, 0.2) is 11.6 Å². The van der Waals surface area contributed by atoms with Crippen LogP contribution in [0.4, 0.5) is 8.78 Å². The number of halogens is 2. The number of hydrogen-bond donors (Lipinski definition) is 2. The fraction of sp³-hybridized carbons (Fsp3) is 0.364. The molecule has 1 aromatic rings. The smallest absolute Gasteiger partial charge is 0.321 e. The van der Waals surface area contributed by atoms with Crippen LogP contribution in [0.15, 0.2) is 23.1 Å². The summed E-state index contributed by atoms with van der Waals surface area (Å²) >= 11 is 1.37. The highest BCUT2D eigenvalue weighted by Crippen LogP contribution is 2.15. The molecule has 112 valence electrons. The summed E-state index contributed by atoms with van der Waals surface area (Å²) in [6, 6.07) is 0.724. The molecule has 0 fully saturated rings. The Balaban J connectivity index is 2.97. The Hall–Kier alpha value is -1.19. The Morgan fingerprint density at radius 1 is 1.40 bits per heavy atom. The third-order valence-corrected chi connectivity index (χ3v) is 4.52. The van der Waals surface area contributed by atoms with Crippen LogP contribution in [-0.2, 0) is 14.8 Å². The molecule has 1 rings (SSSR count). The zero-order valence-corrected chi connectivity index (χ0v) is 12.1. The van der Waals surface area contributed by atoms with Crippen molar-refractivity contribution in [3.63, 3.8) is 0 Å². The summed E-state index contributed by atoms with van der Waals surface area (Å²) in [6.45, 7) is 0. The molecule has 9 heteroatoms. The number of carboxylic acid groups (broad SMARTS) is 1. The van der Waals surface area contributed by atoms with Gasteiger partial charge in [-0.2, -0.15) is 16.5 Å². The number of aliphatic carboxylic acids is 1. The van der Waals surface area contributed by atoms with Gasteiger partial charge in [0.25, 0.3) is 0 Å². The van der Waals surface area contributed by atoms with E-state index in [2.05, 4.69) is 0 Å². The van der Waals surface area contributed by atoms with E-state index in [9.17, 15) is 22.0 Å². The number of sulfonamides is 1. The number of nitrogens with one attached hydrogen (secondary N) is 1. The SMILES string of the molecule is CSCC[C@@H](NS(=O)(=O)c1ccc(F)c(F)c1)C(=O)O. The molecule has 20 heavy (non-hydrogen) atoms. The maximum atomic E-state index is 13.0. The van der Waals surface area contributed by atoms with E-state index in [4.69, 9.17) is 5.11 Å². The second-order valence-electron chi connectivity index (χ2n) is 3.87. The minimum atomic E-state index is -4.22. The predicted octanol–water partition coefficient (Wildman–Crippen LogP) is 1.45. The van der Waals surface area contributed by atoms with Crippen LogP contribution in [0.3, 0.4) is 0 Å². The van der Waals surface area contributed by atoms with E-state index < -0.39 is 38.6 Å². The van der Waals surface area contributed by atoms with Gasteiger partial charge < -0.3 is 5.11 Å². The fourth-order valence-electron chi connectivity index (χ4n) is 1.37. The molecule has 0 aromatic heterocycles. The summed E-state index contributed by atoms with van der Waals surface area (Å²) in [4.78, 5) is 10.4. The molecule has 0 heterocycles. The van der Waals surface area contributed by atoms with Crippen molar-refractivity contribution in [3.8, 4) is 0 Å². The van der Waals surface area contributed by atoms with Crippen molar-refractivity contribution in [3.05, 3.63) is 29.8 Å². The van der Waals surface area contributed by atoms with Crippen molar-refractivity contribution < 1.29 is 27.1 Å². The molecule has 0 spiro atoms. The van der Waals surface area contributed by atoms with Gasteiger partial charge in [0.2, 0.25) is 10.0 Å². The lowest BCUT2D eigenvalue weighted by Crippen LogP contribution is -2.41. The van der Waals surface area contributed by atoms with Gasteiger partial charge in [0.1, 0.15) is 6.04 Å². The van der Waals surface area contributed by atoms with Crippen molar-refractivity contribution in [2.75, 3.05) is 12.0 Å². The van der Waals surface area contributed by atoms with Crippen molar-refractivity contribution >= 4 is 27.8 Å². The van der Waals surface area contributed by atoms with E-state index in [0.29, 0.717) is 17.9 Å². The monoisotopic (exact) mass is 325 g/mol. The molecule has 0 radical (unpaired) electrons. The van der Waals surface area contributed by atoms with Crippen LogP contribution in [0.5, 0.6) is 0 Å². The Morgan fingerprint density at radius 2 is 2.05 bits per heavy atom. The van der Waals surface area contributed by atoms with Crippen LogP contribution in [0.1, 0.15) is 6.42 Å². The van der Waals surface area contributed by atoms with E-state index in [-0.39, 0.29) is 6.42 Å². The van der Waals surface area contributed by atoms with Crippen LogP contribution in [0.2, 0.25) is 0 Å². The average molecular weight is 325 g/mol. The molecule has 0 unspecified atom stereocenters. The van der Waals surface area contributed by atoms with Gasteiger partial charge in [-0.05, 0) is 36.6 Å². The highest BCUT2D eigenvalue weighted by molar-refractivity contribution is 7.98. The summed E-state index contributed by atoms with van der Waals surface area (Å²) in [6.07, 6.45) is 1.84. The number of benzene rings is 1. The number of thioether (sulfide) groups is 1. The molecule has 1 aromatic carbocycles. The summed E-state index contributed by atoms with van der Waals surface area (Å²) in [5, 5.41) is 8.94. The second-order valence-corrected chi connectivity index (χ2v) is 6.57. The number of hydrogen-bond acceptors (Lipinski definition) is 4. The van der Waals surface area contributed by atoms with Gasteiger partial charge in [-0.25, -0.2) is 17.2 Å².